The molecule has 3 heteroatoms. The van der Waals surface area contributed by atoms with Crippen molar-refractivity contribution >= 4 is 11.7 Å². The average molecular weight is 205 g/mol. The molecule has 1 aromatic rings. The lowest BCUT2D eigenvalue weighted by atomic mass is 9.98. The van der Waals surface area contributed by atoms with Crippen LogP contribution in [0.15, 0.2) is 36.9 Å². The zero-order valence-corrected chi connectivity index (χ0v) is 8.77. The van der Waals surface area contributed by atoms with Crippen molar-refractivity contribution in [3.63, 3.8) is 0 Å². The summed E-state index contributed by atoms with van der Waals surface area (Å²) in [4.78, 5) is 10.7. The minimum Gasteiger partial charge on any atom is -0.465 e. The average Bonchev–Trinajstić information content (AvgIpc) is 2.21. The molecule has 2 N–H and O–H groups in total. The van der Waals surface area contributed by atoms with E-state index < -0.39 is 0 Å². The van der Waals surface area contributed by atoms with Gasteiger partial charge in [-0.3, -0.25) is 4.79 Å². The number of carbonyl (C=O) groups is 1. The van der Waals surface area contributed by atoms with E-state index in [2.05, 4.69) is 6.58 Å². The first kappa shape index (κ1) is 11.3. The van der Waals surface area contributed by atoms with Crippen molar-refractivity contribution < 1.29 is 9.53 Å². The third-order valence-corrected chi connectivity index (χ3v) is 2.15. The lowest BCUT2D eigenvalue weighted by Gasteiger charge is -2.14. The van der Waals surface area contributed by atoms with Crippen molar-refractivity contribution in [1.29, 1.82) is 0 Å². The molecule has 1 rings (SSSR count). The van der Waals surface area contributed by atoms with E-state index in [0.717, 1.165) is 5.56 Å². The highest BCUT2D eigenvalue weighted by Crippen LogP contribution is 2.23. The molecule has 0 saturated heterocycles. The van der Waals surface area contributed by atoms with Crippen molar-refractivity contribution in [2.45, 2.75) is 12.8 Å². The fourth-order valence-electron chi connectivity index (χ4n) is 1.34. The van der Waals surface area contributed by atoms with Crippen LogP contribution >= 0.6 is 0 Å². The summed E-state index contributed by atoms with van der Waals surface area (Å²) in [5, 5.41) is 0. The van der Waals surface area contributed by atoms with Crippen LogP contribution in [-0.4, -0.2) is 12.6 Å². The molecule has 15 heavy (non-hydrogen) atoms. The molecule has 0 aliphatic carbocycles. The number of nitrogens with two attached hydrogens (primary N) is 1. The number of hydrogen-bond donors (Lipinski definition) is 1. The molecule has 0 amide bonds. The summed E-state index contributed by atoms with van der Waals surface area (Å²) in [5.41, 5.74) is 7.44. The molecule has 1 atom stereocenters. The molecule has 0 aromatic heterocycles. The number of anilines is 1. The van der Waals surface area contributed by atoms with Crippen LogP contribution in [0.25, 0.3) is 0 Å². The molecule has 0 heterocycles. The van der Waals surface area contributed by atoms with Crippen LogP contribution in [0, 0.1) is 0 Å². The first-order valence-corrected chi connectivity index (χ1v) is 4.75. The number of nitrogen functional groups attached to an aromatic ring is 1. The quantitative estimate of drug-likeness (QED) is 0.465. The van der Waals surface area contributed by atoms with Gasteiger partial charge in [-0.25, -0.2) is 0 Å². The predicted octanol–water partition coefficient (Wildman–Crippen LogP) is 2.10. The molecule has 0 aliphatic heterocycles. The Morgan fingerprint density at radius 2 is 2.27 bits per heavy atom. The Balaban J connectivity index is 2.78. The molecule has 1 unspecified atom stereocenters. The molecular weight excluding hydrogens is 190 g/mol. The third kappa shape index (κ3) is 3.13. The normalized spacial score (nSPS) is 11.8. The Bertz CT molecular complexity index is 360. The highest BCUT2D eigenvalue weighted by Gasteiger charge is 2.11. The molecule has 3 nitrogen and oxygen atoms in total. The molecule has 0 aliphatic rings. The molecule has 0 radical (unpaired) electrons. The lowest BCUT2D eigenvalue weighted by Crippen LogP contribution is -2.10. The van der Waals surface area contributed by atoms with E-state index in [4.69, 9.17) is 10.5 Å². The third-order valence-electron chi connectivity index (χ3n) is 2.15. The van der Waals surface area contributed by atoms with Crippen molar-refractivity contribution in [2.24, 2.45) is 0 Å². The van der Waals surface area contributed by atoms with Gasteiger partial charge in [0.15, 0.2) is 0 Å². The summed E-state index contributed by atoms with van der Waals surface area (Å²) in [5.74, 6) is -0.341. The predicted molar refractivity (Wildman–Crippen MR) is 60.4 cm³/mol. The summed E-state index contributed by atoms with van der Waals surface area (Å²) >= 11 is 0. The number of benzene rings is 1. The van der Waals surface area contributed by atoms with Gasteiger partial charge in [0.2, 0.25) is 0 Å². The standard InChI is InChI=1S/C12H15NO2/c1-3-10(8-15-9(2)14)11-6-4-5-7-12(11)13/h3-7,10H,1,8,13H2,2H3. The summed E-state index contributed by atoms with van der Waals surface area (Å²) in [6.07, 6.45) is 1.73. The Morgan fingerprint density at radius 1 is 1.60 bits per heavy atom. The fraction of sp³-hybridized carbons (Fsp3) is 0.250. The fourth-order valence-corrected chi connectivity index (χ4v) is 1.34. The SMILES string of the molecule is C=CC(COC(C)=O)c1ccccc1N. The van der Waals surface area contributed by atoms with Crippen LogP contribution in [0.5, 0.6) is 0 Å². The van der Waals surface area contributed by atoms with Gasteiger partial charge >= 0.3 is 5.97 Å². The van der Waals surface area contributed by atoms with Crippen molar-refractivity contribution in [3.8, 4) is 0 Å². The number of ether oxygens (including phenoxy) is 1. The van der Waals surface area contributed by atoms with Crippen LogP contribution in [0.4, 0.5) is 5.69 Å². The van der Waals surface area contributed by atoms with Gasteiger partial charge in [-0.2, -0.15) is 0 Å². The van der Waals surface area contributed by atoms with Gasteiger partial charge in [0.25, 0.3) is 0 Å². The van der Waals surface area contributed by atoms with Gasteiger partial charge < -0.3 is 10.5 Å². The maximum atomic E-state index is 10.7. The second kappa shape index (κ2) is 5.20. The summed E-state index contributed by atoms with van der Waals surface area (Å²) < 4.78 is 4.94. The number of carbonyl (C=O) groups excluding carboxylic acids is 1. The van der Waals surface area contributed by atoms with E-state index in [-0.39, 0.29) is 18.5 Å². The lowest BCUT2D eigenvalue weighted by molar-refractivity contribution is -0.141. The summed E-state index contributed by atoms with van der Waals surface area (Å²) in [7, 11) is 0. The van der Waals surface area contributed by atoms with Crippen LogP contribution in [0.1, 0.15) is 18.4 Å². The number of hydrogen-bond acceptors (Lipinski definition) is 3. The van der Waals surface area contributed by atoms with Crippen LogP contribution in [0.2, 0.25) is 0 Å². The van der Waals surface area contributed by atoms with Crippen molar-refractivity contribution in [1.82, 2.24) is 0 Å². The minimum atomic E-state index is -0.295. The molecule has 0 spiro atoms. The molecular formula is C12H15NO2. The van der Waals surface area contributed by atoms with Gasteiger partial charge in [-0.15, -0.1) is 6.58 Å². The topological polar surface area (TPSA) is 52.3 Å². The summed E-state index contributed by atoms with van der Waals surface area (Å²) in [6, 6.07) is 7.49. The second-order valence-corrected chi connectivity index (χ2v) is 3.27. The number of rotatable bonds is 4. The van der Waals surface area contributed by atoms with Crippen LogP contribution in [-0.2, 0) is 9.53 Å². The summed E-state index contributed by atoms with van der Waals surface area (Å²) in [6.45, 7) is 5.38. The van der Waals surface area contributed by atoms with E-state index >= 15 is 0 Å². The number of esters is 1. The molecule has 0 fully saturated rings. The monoisotopic (exact) mass is 205 g/mol. The minimum absolute atomic E-state index is 0.0462. The maximum Gasteiger partial charge on any atom is 0.302 e. The largest absolute Gasteiger partial charge is 0.465 e. The Labute approximate surface area is 89.5 Å². The van der Waals surface area contributed by atoms with E-state index in [9.17, 15) is 4.79 Å². The van der Waals surface area contributed by atoms with Gasteiger partial charge in [0.05, 0.1) is 0 Å². The Hall–Kier alpha value is -1.77. The Morgan fingerprint density at radius 3 is 2.80 bits per heavy atom. The highest BCUT2D eigenvalue weighted by molar-refractivity contribution is 5.66. The van der Waals surface area contributed by atoms with Crippen LogP contribution in [0.3, 0.4) is 0 Å². The maximum absolute atomic E-state index is 10.7. The van der Waals surface area contributed by atoms with Gasteiger partial charge in [-0.05, 0) is 11.6 Å². The number of para-hydroxylation sites is 1. The van der Waals surface area contributed by atoms with Gasteiger partial charge in [0.1, 0.15) is 6.61 Å². The van der Waals surface area contributed by atoms with Crippen molar-refractivity contribution in [3.05, 3.63) is 42.5 Å². The zero-order valence-electron chi connectivity index (χ0n) is 8.77. The van der Waals surface area contributed by atoms with Gasteiger partial charge in [-0.1, -0.05) is 24.3 Å². The van der Waals surface area contributed by atoms with Gasteiger partial charge in [0, 0.05) is 18.5 Å². The molecule has 0 saturated carbocycles. The van der Waals surface area contributed by atoms with Crippen molar-refractivity contribution in [2.75, 3.05) is 12.3 Å². The Kier molecular flexibility index (Phi) is 3.92. The molecule has 0 bridgehead atoms. The second-order valence-electron chi connectivity index (χ2n) is 3.27. The van der Waals surface area contributed by atoms with E-state index in [1.807, 2.05) is 24.3 Å². The van der Waals surface area contributed by atoms with E-state index in [1.165, 1.54) is 6.92 Å². The first-order chi connectivity index (χ1) is 7.15. The molecule has 1 aromatic carbocycles. The van der Waals surface area contributed by atoms with E-state index in [1.54, 1.807) is 6.08 Å². The van der Waals surface area contributed by atoms with Crippen LogP contribution < -0.4 is 5.73 Å². The smallest absolute Gasteiger partial charge is 0.302 e. The first-order valence-electron chi connectivity index (χ1n) is 4.75. The van der Waals surface area contributed by atoms with E-state index in [0.29, 0.717) is 5.69 Å². The zero-order chi connectivity index (χ0) is 11.3. The highest BCUT2D eigenvalue weighted by atomic mass is 16.5. The molecule has 80 valence electrons.